The Labute approximate surface area is 295 Å². The van der Waals surface area contributed by atoms with E-state index in [-0.39, 0.29) is 35.4 Å². The highest BCUT2D eigenvalue weighted by molar-refractivity contribution is 7.93. The molecule has 0 spiro atoms. The number of amides is 2. The number of nitro benzene ring substituents is 1. The van der Waals surface area contributed by atoms with Gasteiger partial charge in [0.25, 0.3) is 5.69 Å². The summed E-state index contributed by atoms with van der Waals surface area (Å²) in [6.07, 6.45) is 0.467. The second-order valence-corrected chi connectivity index (χ2v) is 17.8. The highest BCUT2D eigenvalue weighted by atomic mass is 32.2. The van der Waals surface area contributed by atoms with Gasteiger partial charge in [-0.05, 0) is 66.3 Å². The zero-order valence-electron chi connectivity index (χ0n) is 27.6. The number of hydrogen-bond donors (Lipinski definition) is 3. The Balaban J connectivity index is 0.000000160. The van der Waals surface area contributed by atoms with Crippen molar-refractivity contribution < 1.29 is 44.5 Å². The molecule has 20 heteroatoms. The average Bonchev–Trinajstić information content (AvgIpc) is 3.45. The van der Waals surface area contributed by atoms with E-state index in [1.807, 2.05) is 24.3 Å². The number of carbonyl (C=O) groups is 2. The van der Waals surface area contributed by atoms with Crippen LogP contribution in [0.2, 0.25) is 0 Å². The van der Waals surface area contributed by atoms with Crippen LogP contribution in [-0.4, -0.2) is 85.7 Å². The highest BCUT2D eigenvalue weighted by Crippen LogP contribution is 2.33. The van der Waals surface area contributed by atoms with Crippen LogP contribution in [-0.2, 0) is 58.9 Å². The van der Waals surface area contributed by atoms with Gasteiger partial charge in [0.1, 0.15) is 6.10 Å². The number of non-ortho nitro benzene ring substituents is 1. The van der Waals surface area contributed by atoms with Gasteiger partial charge in [0, 0.05) is 31.8 Å². The summed E-state index contributed by atoms with van der Waals surface area (Å²) >= 11 is 0. The summed E-state index contributed by atoms with van der Waals surface area (Å²) < 4.78 is 79.8. The van der Waals surface area contributed by atoms with Crippen LogP contribution in [0.15, 0.2) is 60.7 Å². The molecular weight excluding hydrogens is 729 g/mol. The van der Waals surface area contributed by atoms with E-state index in [2.05, 4.69) is 14.8 Å². The lowest BCUT2D eigenvalue weighted by molar-refractivity contribution is -0.384. The second kappa shape index (κ2) is 14.7. The molecule has 0 bridgehead atoms. The Morgan fingerprint density at radius 3 is 2.18 bits per heavy atom. The number of cyclic esters (lactones) is 1. The van der Waals surface area contributed by atoms with E-state index < -0.39 is 47.2 Å². The predicted octanol–water partition coefficient (Wildman–Crippen LogP) is 2.35. The van der Waals surface area contributed by atoms with Gasteiger partial charge >= 0.3 is 6.09 Å². The van der Waals surface area contributed by atoms with Crippen LogP contribution in [0.25, 0.3) is 0 Å². The second-order valence-electron chi connectivity index (χ2n) is 12.0. The number of ether oxygens (including phenoxy) is 1. The minimum Gasteiger partial charge on any atom is -0.442 e. The predicted molar refractivity (Wildman–Crippen MR) is 190 cm³/mol. The lowest BCUT2D eigenvalue weighted by Crippen LogP contribution is -2.35. The van der Waals surface area contributed by atoms with Crippen LogP contribution >= 0.6 is 0 Å². The Hall–Kier alpha value is -4.95. The Bertz CT molecular complexity index is 2200. The van der Waals surface area contributed by atoms with Crippen molar-refractivity contribution in [1.82, 2.24) is 5.32 Å². The Kier molecular flexibility index (Phi) is 10.8. The number of nitrogens with zero attached hydrogens (tertiary/aromatic N) is 3. The van der Waals surface area contributed by atoms with E-state index in [1.165, 1.54) is 41.4 Å². The van der Waals surface area contributed by atoms with Crippen molar-refractivity contribution in [2.24, 2.45) is 0 Å². The number of carbonyl (C=O) groups excluding carboxylic acids is 2. The molecule has 0 radical (unpaired) electrons. The average molecular weight is 765 g/mol. The normalized spacial score (nSPS) is 20.1. The van der Waals surface area contributed by atoms with E-state index in [4.69, 9.17) is 4.74 Å². The Morgan fingerprint density at radius 2 is 1.51 bits per heavy atom. The largest absolute Gasteiger partial charge is 0.442 e. The van der Waals surface area contributed by atoms with Crippen molar-refractivity contribution >= 4 is 70.5 Å². The molecule has 1 fully saturated rings. The van der Waals surface area contributed by atoms with Crippen molar-refractivity contribution in [3.63, 3.8) is 0 Å². The third-order valence-electron chi connectivity index (χ3n) is 8.34. The van der Waals surface area contributed by atoms with Crippen LogP contribution in [0.4, 0.5) is 33.2 Å². The van der Waals surface area contributed by atoms with E-state index in [1.54, 1.807) is 18.2 Å². The van der Waals surface area contributed by atoms with Crippen molar-refractivity contribution in [1.29, 1.82) is 0 Å². The molecule has 0 aromatic heterocycles. The molecule has 4 heterocycles. The van der Waals surface area contributed by atoms with Crippen LogP contribution in [0, 0.1) is 10.1 Å². The summed E-state index contributed by atoms with van der Waals surface area (Å²) in [6, 6.07) is 16.8. The first-order valence-electron chi connectivity index (χ1n) is 15.6. The van der Waals surface area contributed by atoms with Gasteiger partial charge in [-0.3, -0.25) is 33.6 Å². The van der Waals surface area contributed by atoms with Crippen molar-refractivity contribution in [2.45, 2.75) is 32.3 Å². The minimum atomic E-state index is -3.25. The smallest absolute Gasteiger partial charge is 0.414 e. The number of para-hydroxylation sites is 1. The van der Waals surface area contributed by atoms with Gasteiger partial charge in [-0.25, -0.2) is 30.0 Å². The first-order chi connectivity index (χ1) is 23.9. The first kappa shape index (κ1) is 37.3. The summed E-state index contributed by atoms with van der Waals surface area (Å²) in [5, 5.41) is 13.1. The van der Waals surface area contributed by atoms with Gasteiger partial charge in [0.2, 0.25) is 36.0 Å². The van der Waals surface area contributed by atoms with Crippen LogP contribution in [0.3, 0.4) is 0 Å². The fourth-order valence-electron chi connectivity index (χ4n) is 5.63. The number of nitrogens with one attached hydrogen (secondary N) is 3. The zero-order valence-corrected chi connectivity index (χ0v) is 30.0. The van der Waals surface area contributed by atoms with Crippen molar-refractivity contribution in [3.8, 4) is 0 Å². The summed E-state index contributed by atoms with van der Waals surface area (Å²) in [5.41, 5.74) is 5.06. The topological polar surface area (TPSA) is 231 Å². The summed E-state index contributed by atoms with van der Waals surface area (Å²) in [5.74, 6) is 0.0447. The summed E-state index contributed by atoms with van der Waals surface area (Å²) in [4.78, 5) is 34.5. The minimum absolute atomic E-state index is 0.0187. The number of aryl methyl sites for hydroxylation is 3. The maximum Gasteiger partial charge on any atom is 0.414 e. The molecule has 7 rings (SSSR count). The summed E-state index contributed by atoms with van der Waals surface area (Å²) in [7, 11) is -8.02. The van der Waals surface area contributed by atoms with E-state index in [9.17, 15) is 45.0 Å². The highest BCUT2D eigenvalue weighted by Gasteiger charge is 2.34. The summed E-state index contributed by atoms with van der Waals surface area (Å²) in [6.45, 7) is 2.01. The number of anilines is 4. The molecule has 3 N–H and O–H groups in total. The van der Waals surface area contributed by atoms with E-state index in [0.717, 1.165) is 16.8 Å². The molecule has 0 aliphatic carbocycles. The van der Waals surface area contributed by atoms with Crippen LogP contribution < -0.4 is 24.0 Å². The molecule has 0 saturated carbocycles. The third-order valence-corrected chi connectivity index (χ3v) is 12.6. The molecular formula is C31H36N6O11S3. The van der Waals surface area contributed by atoms with E-state index in [0.29, 0.717) is 48.4 Å². The number of benzene rings is 3. The number of nitro groups is 1. The van der Waals surface area contributed by atoms with Gasteiger partial charge in [-0.1, -0.05) is 18.2 Å². The number of fused-ring (bicyclic) bond motifs is 3. The molecule has 3 aromatic carbocycles. The SMILES string of the molecule is CC(=O)NC[C@H]1CN(c2ccc3c(c2)CCS(=O)(=O)N3C)C(=O)O1.O=S1(=O)CCc2ccccc2N1.O=[N+]([O-])c1ccc2c(c1)CCS(=O)(=O)N2. The number of rotatable bonds is 4. The third kappa shape index (κ3) is 9.24. The fraction of sp³-hybridized carbons (Fsp3) is 0.355. The first-order valence-corrected chi connectivity index (χ1v) is 20.5. The lowest BCUT2D eigenvalue weighted by Gasteiger charge is -2.28. The molecule has 4 aliphatic rings. The van der Waals surface area contributed by atoms with Gasteiger partial charge in [-0.15, -0.1) is 0 Å². The van der Waals surface area contributed by atoms with Crippen molar-refractivity contribution in [2.75, 3.05) is 56.0 Å². The van der Waals surface area contributed by atoms with Gasteiger partial charge in [0.05, 0.1) is 52.3 Å². The fourth-order valence-corrected chi connectivity index (χ4v) is 9.11. The molecule has 0 unspecified atom stereocenters. The molecule has 4 aliphatic heterocycles. The monoisotopic (exact) mass is 764 g/mol. The lowest BCUT2D eigenvalue weighted by atomic mass is 10.1. The maximum atomic E-state index is 12.1. The van der Waals surface area contributed by atoms with Crippen LogP contribution in [0.5, 0.6) is 0 Å². The molecule has 51 heavy (non-hydrogen) atoms. The van der Waals surface area contributed by atoms with Gasteiger partial charge in [-0.2, -0.15) is 0 Å². The molecule has 1 saturated heterocycles. The van der Waals surface area contributed by atoms with Gasteiger partial charge < -0.3 is 10.1 Å². The zero-order chi connectivity index (χ0) is 37.1. The molecule has 17 nitrogen and oxygen atoms in total. The van der Waals surface area contributed by atoms with Gasteiger partial charge in [0.15, 0.2) is 0 Å². The number of hydrogen-bond acceptors (Lipinski definition) is 11. The molecule has 274 valence electrons. The number of sulfonamides is 3. The molecule has 3 aromatic rings. The standard InChI is InChI=1S/C15H19N3O5S.C8H8N2O4S.C8H9NO2S/c1-10(19)16-8-13-9-18(15(20)23-13)12-3-4-14-11(7-12)5-6-24(21,22)17(14)2;11-10(12)7-1-2-8-6(5-7)3-4-15(13,14)9-8;10-12(11)6-5-7-3-1-2-4-8(7)9-12/h3-4,7,13H,5-6,8-9H2,1-2H3,(H,16,19);1-2,5,9H,3-4H2;1-4,9H,5-6H2/t13-;;/m0../s1. The maximum absolute atomic E-state index is 12.1. The van der Waals surface area contributed by atoms with E-state index >= 15 is 0 Å². The Morgan fingerprint density at radius 1 is 0.882 bits per heavy atom. The van der Waals surface area contributed by atoms with Crippen molar-refractivity contribution in [3.05, 3.63) is 87.5 Å². The molecule has 1 atom stereocenters. The quantitative estimate of drug-likeness (QED) is 0.258. The van der Waals surface area contributed by atoms with Crippen LogP contribution in [0.1, 0.15) is 23.6 Å². The molecule has 2 amide bonds.